The van der Waals surface area contributed by atoms with Gasteiger partial charge in [-0.1, -0.05) is 12.1 Å². The van der Waals surface area contributed by atoms with Crippen molar-refractivity contribution in [1.82, 2.24) is 5.32 Å². The highest BCUT2D eigenvalue weighted by Crippen LogP contribution is 2.31. The number of piperidine rings is 1. The molecule has 1 aliphatic rings. The zero-order valence-electron chi connectivity index (χ0n) is 15.4. The van der Waals surface area contributed by atoms with Gasteiger partial charge in [0.05, 0.1) is 12.5 Å². The molecule has 0 spiro atoms. The molecule has 1 aromatic carbocycles. The molecule has 0 bridgehead atoms. The summed E-state index contributed by atoms with van der Waals surface area (Å²) in [6.07, 6.45) is 1.28. The Morgan fingerprint density at radius 3 is 2.52 bits per heavy atom. The maximum atomic E-state index is 12.2. The number of rotatable bonds is 4. The molecule has 1 saturated heterocycles. The summed E-state index contributed by atoms with van der Waals surface area (Å²) in [5.41, 5.74) is 1.12. The van der Waals surface area contributed by atoms with E-state index in [0.717, 1.165) is 24.9 Å². The molecule has 1 unspecified atom stereocenters. The van der Waals surface area contributed by atoms with Crippen LogP contribution in [0.15, 0.2) is 24.3 Å². The Morgan fingerprint density at radius 2 is 1.92 bits per heavy atom. The number of benzene rings is 1. The van der Waals surface area contributed by atoms with Gasteiger partial charge in [0.1, 0.15) is 5.60 Å². The fraction of sp³-hybridized carbons (Fsp3) is 0.579. The number of anilines is 1. The van der Waals surface area contributed by atoms with Crippen LogP contribution >= 0.6 is 0 Å². The zero-order chi connectivity index (χ0) is 18.4. The van der Waals surface area contributed by atoms with E-state index in [1.807, 2.05) is 52.0 Å². The summed E-state index contributed by atoms with van der Waals surface area (Å²) in [5.74, 6) is -0.339. The third-order valence-electron chi connectivity index (χ3n) is 3.96. The van der Waals surface area contributed by atoms with Crippen LogP contribution in [0.1, 0.15) is 52.1 Å². The highest BCUT2D eigenvalue weighted by Gasteiger charge is 2.32. The molecule has 2 N–H and O–H groups in total. The number of amides is 1. The van der Waals surface area contributed by atoms with Crippen molar-refractivity contribution in [3.63, 3.8) is 0 Å². The molecule has 1 aliphatic heterocycles. The van der Waals surface area contributed by atoms with E-state index in [9.17, 15) is 9.59 Å². The quantitative estimate of drug-likeness (QED) is 0.813. The Kier molecular flexibility index (Phi) is 6.42. The second-order valence-electron chi connectivity index (χ2n) is 7.18. The second kappa shape index (κ2) is 8.34. The van der Waals surface area contributed by atoms with Gasteiger partial charge in [0.25, 0.3) is 0 Å². The topological polar surface area (TPSA) is 76.7 Å². The van der Waals surface area contributed by atoms with E-state index in [1.165, 1.54) is 0 Å². The molecule has 0 saturated carbocycles. The number of hydrogen-bond donors (Lipinski definition) is 2. The monoisotopic (exact) mass is 348 g/mol. The van der Waals surface area contributed by atoms with Crippen molar-refractivity contribution in [1.29, 1.82) is 0 Å². The second-order valence-corrected chi connectivity index (χ2v) is 7.18. The molecule has 6 heteroatoms. The van der Waals surface area contributed by atoms with E-state index in [2.05, 4.69) is 10.6 Å². The molecule has 0 radical (unpaired) electrons. The van der Waals surface area contributed by atoms with Crippen molar-refractivity contribution >= 4 is 17.7 Å². The molecule has 0 aliphatic carbocycles. The summed E-state index contributed by atoms with van der Waals surface area (Å²) in [6.45, 7) is 8.54. The van der Waals surface area contributed by atoms with Gasteiger partial charge < -0.3 is 14.8 Å². The summed E-state index contributed by atoms with van der Waals surface area (Å²) >= 11 is 0. The Bertz CT molecular complexity index is 592. The van der Waals surface area contributed by atoms with Gasteiger partial charge >= 0.3 is 12.1 Å². The fourth-order valence-electron chi connectivity index (χ4n) is 2.94. The third kappa shape index (κ3) is 5.74. The average Bonchev–Trinajstić information content (AvgIpc) is 2.54. The lowest BCUT2D eigenvalue weighted by molar-refractivity contribution is -0.150. The van der Waals surface area contributed by atoms with Crippen LogP contribution in [0.5, 0.6) is 0 Å². The lowest BCUT2D eigenvalue weighted by Crippen LogP contribution is -2.39. The van der Waals surface area contributed by atoms with Gasteiger partial charge in [-0.3, -0.25) is 10.1 Å². The van der Waals surface area contributed by atoms with Crippen LogP contribution in [0.4, 0.5) is 10.5 Å². The smallest absolute Gasteiger partial charge is 0.412 e. The maximum Gasteiger partial charge on any atom is 0.412 e. The molecular formula is C19H28N2O4. The molecule has 2 rings (SSSR count). The lowest BCUT2D eigenvalue weighted by Gasteiger charge is -2.31. The molecule has 138 valence electrons. The van der Waals surface area contributed by atoms with Crippen LogP contribution in [0.2, 0.25) is 0 Å². The third-order valence-corrected chi connectivity index (χ3v) is 3.96. The first-order valence-corrected chi connectivity index (χ1v) is 8.80. The first kappa shape index (κ1) is 19.2. The van der Waals surface area contributed by atoms with Gasteiger partial charge in [-0.2, -0.15) is 0 Å². The predicted molar refractivity (Wildman–Crippen MR) is 96.4 cm³/mol. The molecule has 1 heterocycles. The van der Waals surface area contributed by atoms with Crippen LogP contribution in [0, 0.1) is 5.92 Å². The zero-order valence-corrected chi connectivity index (χ0v) is 15.4. The molecule has 1 fully saturated rings. The van der Waals surface area contributed by atoms with Crippen LogP contribution in [-0.2, 0) is 14.3 Å². The van der Waals surface area contributed by atoms with Crippen LogP contribution in [0.3, 0.4) is 0 Å². The number of hydrogen-bond acceptors (Lipinski definition) is 5. The molecule has 0 aromatic heterocycles. The predicted octanol–water partition coefficient (Wildman–Crippen LogP) is 3.64. The van der Waals surface area contributed by atoms with Gasteiger partial charge in [-0.25, -0.2) is 4.79 Å². The Balaban J connectivity index is 2.04. The molecule has 6 nitrogen and oxygen atoms in total. The largest absolute Gasteiger partial charge is 0.466 e. The maximum absolute atomic E-state index is 12.2. The molecule has 2 atom stereocenters. The standard InChI is InChI=1S/C19H28N2O4/c1-5-24-17(22)15-7-6-12-20-16(15)13-8-10-14(11-9-13)21-18(23)25-19(2,3)4/h8-11,15-16,20H,5-7,12H2,1-4H3,(H,21,23)/t15?,16-/m0/s1. The highest BCUT2D eigenvalue weighted by atomic mass is 16.6. The van der Waals surface area contributed by atoms with Crippen molar-refractivity contribution in [2.75, 3.05) is 18.5 Å². The number of esters is 1. The number of carbonyl (C=O) groups excluding carboxylic acids is 2. The van der Waals surface area contributed by atoms with Crippen molar-refractivity contribution in [2.45, 2.75) is 52.2 Å². The van der Waals surface area contributed by atoms with Crippen molar-refractivity contribution < 1.29 is 19.1 Å². The molecule has 25 heavy (non-hydrogen) atoms. The van der Waals surface area contributed by atoms with E-state index < -0.39 is 11.7 Å². The van der Waals surface area contributed by atoms with Gasteiger partial charge in [0.2, 0.25) is 0 Å². The van der Waals surface area contributed by atoms with Crippen LogP contribution in [0.25, 0.3) is 0 Å². The van der Waals surface area contributed by atoms with Crippen molar-refractivity contribution in [3.8, 4) is 0 Å². The fourth-order valence-corrected chi connectivity index (χ4v) is 2.94. The first-order valence-electron chi connectivity index (χ1n) is 8.80. The highest BCUT2D eigenvalue weighted by molar-refractivity contribution is 5.84. The minimum atomic E-state index is -0.539. The number of nitrogens with one attached hydrogen (secondary N) is 2. The van der Waals surface area contributed by atoms with Crippen LogP contribution < -0.4 is 10.6 Å². The van der Waals surface area contributed by atoms with E-state index >= 15 is 0 Å². The molecular weight excluding hydrogens is 320 g/mol. The van der Waals surface area contributed by atoms with Crippen molar-refractivity contribution in [3.05, 3.63) is 29.8 Å². The summed E-state index contributed by atoms with van der Waals surface area (Å²) < 4.78 is 10.4. The summed E-state index contributed by atoms with van der Waals surface area (Å²) in [4.78, 5) is 24.0. The Labute approximate surface area is 149 Å². The average molecular weight is 348 g/mol. The molecule has 1 aromatic rings. The van der Waals surface area contributed by atoms with E-state index in [-0.39, 0.29) is 17.9 Å². The van der Waals surface area contributed by atoms with E-state index in [0.29, 0.717) is 12.3 Å². The van der Waals surface area contributed by atoms with Gasteiger partial charge in [0, 0.05) is 11.7 Å². The van der Waals surface area contributed by atoms with Crippen molar-refractivity contribution in [2.24, 2.45) is 5.92 Å². The number of carbonyl (C=O) groups is 2. The Morgan fingerprint density at radius 1 is 1.24 bits per heavy atom. The van der Waals surface area contributed by atoms with Gasteiger partial charge in [-0.15, -0.1) is 0 Å². The lowest BCUT2D eigenvalue weighted by atomic mass is 9.86. The SMILES string of the molecule is CCOC(=O)C1CCCN[C@H]1c1ccc(NC(=O)OC(C)(C)C)cc1. The van der Waals surface area contributed by atoms with E-state index in [4.69, 9.17) is 9.47 Å². The van der Waals surface area contributed by atoms with Crippen LogP contribution in [-0.4, -0.2) is 30.8 Å². The summed E-state index contributed by atoms with van der Waals surface area (Å²) in [5, 5.41) is 6.11. The number of ether oxygens (including phenoxy) is 2. The summed E-state index contributed by atoms with van der Waals surface area (Å²) in [7, 11) is 0. The minimum Gasteiger partial charge on any atom is -0.466 e. The summed E-state index contributed by atoms with van der Waals surface area (Å²) in [6, 6.07) is 7.41. The normalized spacial score (nSPS) is 20.6. The minimum absolute atomic E-state index is 0.0663. The van der Waals surface area contributed by atoms with Gasteiger partial charge in [0.15, 0.2) is 0 Å². The van der Waals surface area contributed by atoms with E-state index in [1.54, 1.807) is 0 Å². The first-order chi connectivity index (χ1) is 11.8. The van der Waals surface area contributed by atoms with Gasteiger partial charge in [-0.05, 0) is 64.8 Å². The molecule has 1 amide bonds. The Hall–Kier alpha value is -2.08.